The SMILES string of the molecule is CC(C)(C)NC(=O)N1CCN(CCNC(=O)c2ccsc2)CC1. The summed E-state index contributed by atoms with van der Waals surface area (Å²) >= 11 is 1.52. The lowest BCUT2D eigenvalue weighted by atomic mass is 10.1. The topological polar surface area (TPSA) is 64.7 Å². The second kappa shape index (κ2) is 7.79. The van der Waals surface area contributed by atoms with Gasteiger partial charge in [0.15, 0.2) is 0 Å². The molecule has 2 rings (SSSR count). The molecule has 23 heavy (non-hydrogen) atoms. The molecule has 1 fully saturated rings. The highest BCUT2D eigenvalue weighted by atomic mass is 32.1. The number of nitrogens with zero attached hydrogens (tertiary/aromatic N) is 2. The van der Waals surface area contributed by atoms with Crippen LogP contribution in [0, 0.1) is 0 Å². The Kier molecular flexibility index (Phi) is 6.01. The minimum absolute atomic E-state index is 0.00269. The van der Waals surface area contributed by atoms with E-state index in [1.807, 2.05) is 42.5 Å². The lowest BCUT2D eigenvalue weighted by Crippen LogP contribution is -2.55. The highest BCUT2D eigenvalue weighted by Crippen LogP contribution is 2.06. The highest BCUT2D eigenvalue weighted by Gasteiger charge is 2.23. The number of amides is 3. The molecule has 3 amide bonds. The standard InChI is InChI=1S/C16H26N4O2S/c1-16(2,3)18-15(22)20-9-7-19(8-10-20)6-5-17-14(21)13-4-11-23-12-13/h4,11-12H,5-10H2,1-3H3,(H,17,21)(H,18,22). The van der Waals surface area contributed by atoms with Crippen LogP contribution in [-0.2, 0) is 0 Å². The van der Waals surface area contributed by atoms with E-state index in [4.69, 9.17) is 0 Å². The van der Waals surface area contributed by atoms with Crippen LogP contribution in [0.5, 0.6) is 0 Å². The zero-order valence-corrected chi connectivity index (χ0v) is 14.9. The van der Waals surface area contributed by atoms with E-state index >= 15 is 0 Å². The zero-order valence-electron chi connectivity index (χ0n) is 14.1. The first-order valence-corrected chi connectivity index (χ1v) is 8.89. The molecule has 0 radical (unpaired) electrons. The van der Waals surface area contributed by atoms with Crippen LogP contribution in [0.4, 0.5) is 4.79 Å². The molecule has 0 bridgehead atoms. The van der Waals surface area contributed by atoms with Crippen LogP contribution in [0.15, 0.2) is 16.8 Å². The third-order valence-corrected chi connectivity index (χ3v) is 4.32. The Balaban J connectivity index is 1.65. The fraction of sp³-hybridized carbons (Fsp3) is 0.625. The third kappa shape index (κ3) is 5.84. The number of carbonyl (C=O) groups is 2. The van der Waals surface area contributed by atoms with Crippen LogP contribution in [-0.4, -0.2) is 66.5 Å². The maximum absolute atomic E-state index is 12.1. The molecule has 0 aliphatic carbocycles. The molecule has 1 aliphatic heterocycles. The molecule has 1 aliphatic rings. The molecule has 0 unspecified atom stereocenters. The van der Waals surface area contributed by atoms with E-state index < -0.39 is 0 Å². The summed E-state index contributed by atoms with van der Waals surface area (Å²) in [6.07, 6.45) is 0. The van der Waals surface area contributed by atoms with Crippen molar-refractivity contribution in [3.05, 3.63) is 22.4 Å². The normalized spacial score (nSPS) is 16.2. The summed E-state index contributed by atoms with van der Waals surface area (Å²) < 4.78 is 0. The molecule has 0 spiro atoms. The molecule has 7 heteroatoms. The van der Waals surface area contributed by atoms with E-state index in [-0.39, 0.29) is 17.5 Å². The van der Waals surface area contributed by atoms with Gasteiger partial charge in [0.2, 0.25) is 0 Å². The van der Waals surface area contributed by atoms with Crippen molar-refractivity contribution in [1.29, 1.82) is 0 Å². The molecule has 0 aromatic carbocycles. The Morgan fingerprint density at radius 2 is 1.91 bits per heavy atom. The van der Waals surface area contributed by atoms with Crippen LogP contribution >= 0.6 is 11.3 Å². The summed E-state index contributed by atoms with van der Waals surface area (Å²) in [6, 6.07) is 1.83. The number of thiophene rings is 1. The minimum Gasteiger partial charge on any atom is -0.351 e. The van der Waals surface area contributed by atoms with Crippen molar-refractivity contribution >= 4 is 23.3 Å². The smallest absolute Gasteiger partial charge is 0.317 e. The number of piperazine rings is 1. The largest absolute Gasteiger partial charge is 0.351 e. The molecular weight excluding hydrogens is 312 g/mol. The van der Waals surface area contributed by atoms with Gasteiger partial charge in [0.25, 0.3) is 5.91 Å². The molecule has 1 aromatic heterocycles. The monoisotopic (exact) mass is 338 g/mol. The van der Waals surface area contributed by atoms with Gasteiger partial charge < -0.3 is 15.5 Å². The van der Waals surface area contributed by atoms with Gasteiger partial charge in [-0.3, -0.25) is 9.69 Å². The van der Waals surface area contributed by atoms with Gasteiger partial charge in [-0.05, 0) is 32.2 Å². The van der Waals surface area contributed by atoms with Crippen molar-refractivity contribution in [3.8, 4) is 0 Å². The third-order valence-electron chi connectivity index (χ3n) is 3.64. The average molecular weight is 338 g/mol. The quantitative estimate of drug-likeness (QED) is 0.876. The average Bonchev–Trinajstić information content (AvgIpc) is 3.00. The Labute approximate surface area is 141 Å². The van der Waals surface area contributed by atoms with Crippen LogP contribution in [0.1, 0.15) is 31.1 Å². The second-order valence-corrected chi connectivity index (χ2v) is 7.56. The summed E-state index contributed by atoms with van der Waals surface area (Å²) in [4.78, 5) is 28.1. The van der Waals surface area contributed by atoms with E-state index in [2.05, 4.69) is 15.5 Å². The Morgan fingerprint density at radius 3 is 2.48 bits per heavy atom. The van der Waals surface area contributed by atoms with E-state index in [1.165, 1.54) is 11.3 Å². The molecule has 6 nitrogen and oxygen atoms in total. The van der Waals surface area contributed by atoms with Crippen molar-refractivity contribution in [2.75, 3.05) is 39.3 Å². The summed E-state index contributed by atoms with van der Waals surface area (Å²) in [5, 5.41) is 9.67. The second-order valence-electron chi connectivity index (χ2n) is 6.78. The van der Waals surface area contributed by atoms with Gasteiger partial charge in [-0.15, -0.1) is 0 Å². The van der Waals surface area contributed by atoms with Crippen molar-refractivity contribution < 1.29 is 9.59 Å². The first-order valence-electron chi connectivity index (χ1n) is 7.95. The number of rotatable bonds is 4. The molecule has 128 valence electrons. The van der Waals surface area contributed by atoms with Crippen molar-refractivity contribution in [2.45, 2.75) is 26.3 Å². The maximum atomic E-state index is 12.1. The van der Waals surface area contributed by atoms with Gasteiger partial charge in [0.05, 0.1) is 0 Å². The predicted octanol–water partition coefficient (Wildman–Crippen LogP) is 1.60. The lowest BCUT2D eigenvalue weighted by molar-refractivity contribution is 0.0942. The van der Waals surface area contributed by atoms with Crippen LogP contribution in [0.2, 0.25) is 0 Å². The molecular formula is C16H26N4O2S. The highest BCUT2D eigenvalue weighted by molar-refractivity contribution is 7.08. The molecule has 2 heterocycles. The molecule has 0 atom stereocenters. The van der Waals surface area contributed by atoms with Crippen molar-refractivity contribution in [3.63, 3.8) is 0 Å². The van der Waals surface area contributed by atoms with E-state index in [1.54, 1.807) is 0 Å². The van der Waals surface area contributed by atoms with E-state index in [0.29, 0.717) is 6.54 Å². The summed E-state index contributed by atoms with van der Waals surface area (Å²) in [5.74, 6) is -0.0190. The number of hydrogen-bond acceptors (Lipinski definition) is 4. The first-order chi connectivity index (χ1) is 10.8. The number of hydrogen-bond donors (Lipinski definition) is 2. The first kappa shape index (κ1) is 17.7. The van der Waals surface area contributed by atoms with E-state index in [9.17, 15) is 9.59 Å². The van der Waals surface area contributed by atoms with Gasteiger partial charge in [0, 0.05) is 55.8 Å². The summed E-state index contributed by atoms with van der Waals surface area (Å²) in [5.41, 5.74) is 0.513. The van der Waals surface area contributed by atoms with Crippen LogP contribution in [0.3, 0.4) is 0 Å². The van der Waals surface area contributed by atoms with Gasteiger partial charge in [0.1, 0.15) is 0 Å². The Bertz CT molecular complexity index is 517. The van der Waals surface area contributed by atoms with E-state index in [0.717, 1.165) is 38.3 Å². The maximum Gasteiger partial charge on any atom is 0.317 e. The predicted molar refractivity (Wildman–Crippen MR) is 92.9 cm³/mol. The van der Waals surface area contributed by atoms with Crippen molar-refractivity contribution in [1.82, 2.24) is 20.4 Å². The molecule has 0 saturated carbocycles. The van der Waals surface area contributed by atoms with Crippen molar-refractivity contribution in [2.24, 2.45) is 0 Å². The Hall–Kier alpha value is -1.60. The summed E-state index contributed by atoms with van der Waals surface area (Å²) in [6.45, 7) is 10.5. The fourth-order valence-corrected chi connectivity index (χ4v) is 3.03. The number of carbonyl (C=O) groups excluding carboxylic acids is 2. The molecule has 1 aromatic rings. The van der Waals surface area contributed by atoms with Crippen LogP contribution in [0.25, 0.3) is 0 Å². The van der Waals surface area contributed by atoms with Gasteiger partial charge in [-0.2, -0.15) is 11.3 Å². The van der Waals surface area contributed by atoms with Crippen LogP contribution < -0.4 is 10.6 Å². The fourth-order valence-electron chi connectivity index (χ4n) is 2.40. The van der Waals surface area contributed by atoms with Gasteiger partial charge >= 0.3 is 6.03 Å². The Morgan fingerprint density at radius 1 is 1.22 bits per heavy atom. The lowest BCUT2D eigenvalue weighted by Gasteiger charge is -2.36. The van der Waals surface area contributed by atoms with Gasteiger partial charge in [-0.1, -0.05) is 0 Å². The molecule has 1 saturated heterocycles. The molecule has 2 N–H and O–H groups in total. The zero-order chi connectivity index (χ0) is 16.9. The number of urea groups is 1. The number of nitrogens with one attached hydrogen (secondary N) is 2. The summed E-state index contributed by atoms with van der Waals surface area (Å²) in [7, 11) is 0. The van der Waals surface area contributed by atoms with Gasteiger partial charge in [-0.25, -0.2) is 4.79 Å². The minimum atomic E-state index is -0.208.